The zero-order valence-corrected chi connectivity index (χ0v) is 6.86. The Hall–Kier alpha value is -1.25. The standard InChI is InChI=1S/C7H6O2.HO2P/c8-7(9)6-4-2-1-3-5-6;1-3-2/h1-5H,(H,8,9);(H,1,2)/p-2. The molecule has 0 saturated heterocycles. The zero-order valence-electron chi connectivity index (χ0n) is 5.97. The molecule has 0 N–H and O–H groups in total. The van der Waals surface area contributed by atoms with Crippen LogP contribution < -0.4 is 10.00 Å². The van der Waals surface area contributed by atoms with Gasteiger partial charge in [-0.25, -0.2) is 0 Å². The predicted molar refractivity (Wildman–Crippen MR) is 38.4 cm³/mol. The normalized spacial score (nSPS) is 8.42. The molecule has 0 unspecified atom stereocenters. The molecule has 5 heteroatoms. The van der Waals surface area contributed by atoms with Crippen molar-refractivity contribution in [1.82, 2.24) is 0 Å². The van der Waals surface area contributed by atoms with Gasteiger partial charge < -0.3 is 14.8 Å². The van der Waals surface area contributed by atoms with Crippen molar-refractivity contribution in [3.8, 4) is 0 Å². The van der Waals surface area contributed by atoms with Crippen molar-refractivity contribution in [3.63, 3.8) is 0 Å². The second kappa shape index (κ2) is 6.46. The maximum atomic E-state index is 10.1. The van der Waals surface area contributed by atoms with Crippen molar-refractivity contribution in [2.24, 2.45) is 0 Å². The topological polar surface area (TPSA) is 80.3 Å². The Bertz CT molecular complexity index is 247. The van der Waals surface area contributed by atoms with E-state index in [0.29, 0.717) is 0 Å². The van der Waals surface area contributed by atoms with Gasteiger partial charge in [0.1, 0.15) is 0 Å². The smallest absolute Gasteiger partial charge is 0.0715 e. The Morgan fingerprint density at radius 2 is 1.67 bits per heavy atom. The van der Waals surface area contributed by atoms with Crippen LogP contribution in [0.15, 0.2) is 30.3 Å². The number of carbonyl (C=O) groups excluding carboxylic acids is 1. The van der Waals surface area contributed by atoms with Crippen LogP contribution in [-0.4, -0.2) is 5.97 Å². The summed E-state index contributed by atoms with van der Waals surface area (Å²) in [4.78, 5) is 18.4. The highest BCUT2D eigenvalue weighted by Gasteiger charge is 1.85. The third kappa shape index (κ3) is 4.55. The molecule has 0 aromatic heterocycles. The molecule has 4 nitrogen and oxygen atoms in total. The minimum Gasteiger partial charge on any atom is -0.772 e. The van der Waals surface area contributed by atoms with Gasteiger partial charge in [0.25, 0.3) is 0 Å². The molecule has 64 valence electrons. The lowest BCUT2D eigenvalue weighted by molar-refractivity contribution is -0.255. The van der Waals surface area contributed by atoms with Crippen molar-refractivity contribution in [2.75, 3.05) is 0 Å². The highest BCUT2D eigenvalue weighted by atomic mass is 31.1. The Labute approximate surface area is 70.8 Å². The number of hydrogen-bond acceptors (Lipinski definition) is 4. The summed E-state index contributed by atoms with van der Waals surface area (Å²) in [6.45, 7) is 0. The fourth-order valence-corrected chi connectivity index (χ4v) is 0.574. The summed E-state index contributed by atoms with van der Waals surface area (Å²) in [5.41, 5.74) is 0.220. The third-order valence-electron chi connectivity index (χ3n) is 1.01. The summed E-state index contributed by atoms with van der Waals surface area (Å²) in [5.74, 6) is -1.13. The largest absolute Gasteiger partial charge is 0.772 e. The predicted octanol–water partition coefficient (Wildman–Crippen LogP) is -0.397. The van der Waals surface area contributed by atoms with Crippen molar-refractivity contribution < 1.29 is 19.4 Å². The highest BCUT2D eigenvalue weighted by Crippen LogP contribution is 1.94. The number of carboxylic acid groups (broad SMARTS) is 1. The Balaban J connectivity index is 0.000000354. The van der Waals surface area contributed by atoms with Crippen molar-refractivity contribution in [3.05, 3.63) is 35.9 Å². The molecule has 0 saturated carbocycles. The first-order valence-corrected chi connectivity index (χ1v) is 3.66. The molecular formula is C7H5O4P-2. The van der Waals surface area contributed by atoms with E-state index < -0.39 is 14.7 Å². The van der Waals surface area contributed by atoms with Gasteiger partial charge in [-0.1, -0.05) is 30.3 Å². The fourth-order valence-electron chi connectivity index (χ4n) is 0.574. The minimum atomic E-state index is -1.13. The molecule has 0 aliphatic heterocycles. The quantitative estimate of drug-likeness (QED) is 0.556. The number of rotatable bonds is 1. The van der Waals surface area contributed by atoms with Crippen molar-refractivity contribution in [2.45, 2.75) is 0 Å². The van der Waals surface area contributed by atoms with E-state index >= 15 is 0 Å². The monoisotopic (exact) mass is 184 g/mol. The van der Waals surface area contributed by atoms with Crippen molar-refractivity contribution in [1.29, 1.82) is 0 Å². The van der Waals surface area contributed by atoms with Gasteiger partial charge in [-0.3, -0.25) is 4.57 Å². The lowest BCUT2D eigenvalue weighted by Gasteiger charge is -1.97. The molecule has 0 heterocycles. The molecule has 0 atom stereocenters. The number of carbonyl (C=O) groups is 1. The molecule has 12 heavy (non-hydrogen) atoms. The molecule has 0 bridgehead atoms. The number of aromatic carboxylic acids is 1. The molecule has 1 aromatic carbocycles. The molecule has 1 rings (SSSR count). The molecular weight excluding hydrogens is 179 g/mol. The maximum absolute atomic E-state index is 10.1. The highest BCUT2D eigenvalue weighted by molar-refractivity contribution is 7.14. The number of benzene rings is 1. The van der Waals surface area contributed by atoms with Crippen LogP contribution in [0.2, 0.25) is 0 Å². The molecule has 0 amide bonds. The molecule has 0 spiro atoms. The van der Waals surface area contributed by atoms with E-state index in [1.807, 2.05) is 0 Å². The first-order chi connectivity index (χ1) is 5.72. The van der Waals surface area contributed by atoms with Crippen LogP contribution in [0.3, 0.4) is 0 Å². The van der Waals surface area contributed by atoms with Gasteiger partial charge in [0, 0.05) is 0 Å². The summed E-state index contributed by atoms with van der Waals surface area (Å²) in [7, 11) is -1.08. The summed E-state index contributed by atoms with van der Waals surface area (Å²) >= 11 is 0. The van der Waals surface area contributed by atoms with E-state index in [-0.39, 0.29) is 5.56 Å². The van der Waals surface area contributed by atoms with Gasteiger partial charge in [-0.2, -0.15) is 0 Å². The van der Waals surface area contributed by atoms with Gasteiger partial charge >= 0.3 is 0 Å². The number of hydrogen-bond donors (Lipinski definition) is 0. The van der Waals surface area contributed by atoms with Gasteiger partial charge in [-0.05, 0) is 5.56 Å². The fraction of sp³-hybridized carbons (Fsp3) is 0. The van der Waals surface area contributed by atoms with Crippen LogP contribution in [0, 0.1) is 0 Å². The SMILES string of the molecule is O=C([O-])c1ccccc1.O=P[O-]. The first kappa shape index (κ1) is 10.8. The molecule has 0 aliphatic carbocycles. The molecule has 0 radical (unpaired) electrons. The lowest BCUT2D eigenvalue weighted by Crippen LogP contribution is -2.21. The van der Waals surface area contributed by atoms with Crippen LogP contribution in [0.5, 0.6) is 0 Å². The average molecular weight is 184 g/mol. The Morgan fingerprint density at radius 1 is 1.25 bits per heavy atom. The summed E-state index contributed by atoms with van der Waals surface area (Å²) < 4.78 is 8.35. The summed E-state index contributed by atoms with van der Waals surface area (Å²) in [6, 6.07) is 8.06. The van der Waals surface area contributed by atoms with Crippen LogP contribution in [-0.2, 0) is 4.57 Å². The van der Waals surface area contributed by atoms with Crippen LogP contribution in [0.1, 0.15) is 10.4 Å². The van der Waals surface area contributed by atoms with E-state index in [0.717, 1.165) is 0 Å². The average Bonchev–Trinajstić information content (AvgIpc) is 2.07. The van der Waals surface area contributed by atoms with Crippen LogP contribution >= 0.6 is 8.69 Å². The molecule has 1 aromatic rings. The number of carboxylic acids is 1. The summed E-state index contributed by atoms with van der Waals surface area (Å²) in [5, 5.41) is 10.1. The summed E-state index contributed by atoms with van der Waals surface area (Å²) in [6.07, 6.45) is 0. The van der Waals surface area contributed by atoms with E-state index in [9.17, 15) is 9.90 Å². The minimum absolute atomic E-state index is 0.220. The van der Waals surface area contributed by atoms with E-state index in [1.54, 1.807) is 18.2 Å². The second-order valence-corrected chi connectivity index (χ2v) is 1.88. The van der Waals surface area contributed by atoms with Crippen LogP contribution in [0.25, 0.3) is 0 Å². The maximum Gasteiger partial charge on any atom is 0.0715 e. The van der Waals surface area contributed by atoms with Gasteiger partial charge in [0.05, 0.1) is 14.7 Å². The Morgan fingerprint density at radius 3 is 1.92 bits per heavy atom. The van der Waals surface area contributed by atoms with E-state index in [4.69, 9.17) is 9.46 Å². The Kier molecular flexibility index (Phi) is 5.79. The third-order valence-corrected chi connectivity index (χ3v) is 1.01. The van der Waals surface area contributed by atoms with E-state index in [1.165, 1.54) is 12.1 Å². The second-order valence-electron chi connectivity index (χ2n) is 1.73. The molecule has 0 fully saturated rings. The lowest BCUT2D eigenvalue weighted by atomic mass is 10.2. The zero-order chi connectivity index (χ0) is 9.40. The van der Waals surface area contributed by atoms with Crippen LogP contribution in [0.4, 0.5) is 0 Å². The van der Waals surface area contributed by atoms with Gasteiger partial charge in [0.2, 0.25) is 0 Å². The first-order valence-electron chi connectivity index (χ1n) is 2.93. The van der Waals surface area contributed by atoms with Crippen molar-refractivity contribution >= 4 is 14.7 Å². The van der Waals surface area contributed by atoms with Gasteiger partial charge in [-0.15, -0.1) is 0 Å². The van der Waals surface area contributed by atoms with Gasteiger partial charge in [0.15, 0.2) is 0 Å². The van der Waals surface area contributed by atoms with E-state index in [2.05, 4.69) is 0 Å². The molecule has 0 aliphatic rings.